The molecule has 1 aliphatic heterocycles. The first kappa shape index (κ1) is 12.4. The number of rotatable bonds is 3. The van der Waals surface area contributed by atoms with E-state index < -0.39 is 24.2 Å². The molecule has 4 nitrogen and oxygen atoms in total. The van der Waals surface area contributed by atoms with Gasteiger partial charge in [-0.3, -0.25) is 9.69 Å². The van der Waals surface area contributed by atoms with Crippen molar-refractivity contribution in [3.63, 3.8) is 0 Å². The molecule has 1 fully saturated rings. The SMILES string of the molecule is O=C(O)C1CN(Cc2ccns2)CC(F)(F)C1. The highest BCUT2D eigenvalue weighted by molar-refractivity contribution is 7.05. The largest absolute Gasteiger partial charge is 0.481 e. The second-order valence-corrected chi connectivity index (χ2v) is 5.16. The van der Waals surface area contributed by atoms with Crippen molar-refractivity contribution in [2.45, 2.75) is 18.9 Å². The van der Waals surface area contributed by atoms with E-state index in [0.717, 1.165) is 4.88 Å². The molecule has 7 heteroatoms. The van der Waals surface area contributed by atoms with Crippen LogP contribution in [-0.2, 0) is 11.3 Å². The minimum Gasteiger partial charge on any atom is -0.481 e. The lowest BCUT2D eigenvalue weighted by atomic mass is 9.95. The molecule has 1 aliphatic rings. The molecule has 1 aromatic rings. The Kier molecular flexibility index (Phi) is 3.39. The maximum absolute atomic E-state index is 13.4. The number of piperidine rings is 1. The van der Waals surface area contributed by atoms with E-state index in [1.807, 2.05) is 0 Å². The van der Waals surface area contributed by atoms with E-state index in [1.165, 1.54) is 16.4 Å². The Balaban J connectivity index is 2.04. The summed E-state index contributed by atoms with van der Waals surface area (Å²) in [6.07, 6.45) is 1.04. The molecule has 1 aromatic heterocycles. The first-order valence-electron chi connectivity index (χ1n) is 5.19. The molecule has 2 heterocycles. The van der Waals surface area contributed by atoms with Crippen LogP contribution < -0.4 is 0 Å². The molecule has 1 N–H and O–H groups in total. The van der Waals surface area contributed by atoms with Gasteiger partial charge in [-0.05, 0) is 17.6 Å². The molecule has 1 saturated heterocycles. The molecule has 0 spiro atoms. The van der Waals surface area contributed by atoms with Crippen LogP contribution in [0.5, 0.6) is 0 Å². The van der Waals surface area contributed by atoms with E-state index in [2.05, 4.69) is 4.37 Å². The third kappa shape index (κ3) is 3.19. The molecule has 0 aliphatic carbocycles. The van der Waals surface area contributed by atoms with Gasteiger partial charge >= 0.3 is 5.97 Å². The van der Waals surface area contributed by atoms with Crippen LogP contribution in [0.3, 0.4) is 0 Å². The Hall–Kier alpha value is -1.08. The second kappa shape index (κ2) is 4.66. The summed E-state index contributed by atoms with van der Waals surface area (Å²) in [6.45, 7) is 0.127. The summed E-state index contributed by atoms with van der Waals surface area (Å²) in [6, 6.07) is 1.76. The molecule has 0 amide bonds. The summed E-state index contributed by atoms with van der Waals surface area (Å²) in [5, 5.41) is 8.84. The third-order valence-corrected chi connectivity index (χ3v) is 3.43. The fraction of sp³-hybridized carbons (Fsp3) is 0.600. The zero-order chi connectivity index (χ0) is 12.5. The highest BCUT2D eigenvalue weighted by Gasteiger charge is 2.42. The van der Waals surface area contributed by atoms with Gasteiger partial charge in [-0.1, -0.05) is 0 Å². The van der Waals surface area contributed by atoms with Crippen LogP contribution >= 0.6 is 11.5 Å². The summed E-state index contributed by atoms with van der Waals surface area (Å²) >= 11 is 1.24. The minimum absolute atomic E-state index is 0.169. The molecular weight excluding hydrogens is 250 g/mol. The predicted molar refractivity (Wildman–Crippen MR) is 58.1 cm³/mol. The van der Waals surface area contributed by atoms with Gasteiger partial charge in [0.1, 0.15) is 0 Å². The van der Waals surface area contributed by atoms with Gasteiger partial charge in [-0.25, -0.2) is 13.2 Å². The topological polar surface area (TPSA) is 53.4 Å². The Morgan fingerprint density at radius 2 is 2.47 bits per heavy atom. The average molecular weight is 262 g/mol. The lowest BCUT2D eigenvalue weighted by Gasteiger charge is -2.35. The second-order valence-electron chi connectivity index (χ2n) is 4.24. The number of hydrogen-bond acceptors (Lipinski definition) is 4. The van der Waals surface area contributed by atoms with E-state index in [9.17, 15) is 13.6 Å². The van der Waals surface area contributed by atoms with E-state index >= 15 is 0 Å². The van der Waals surface area contributed by atoms with Crippen molar-refractivity contribution in [1.29, 1.82) is 0 Å². The van der Waals surface area contributed by atoms with Gasteiger partial charge in [0.2, 0.25) is 0 Å². The first-order chi connectivity index (χ1) is 7.96. The van der Waals surface area contributed by atoms with Crippen molar-refractivity contribution >= 4 is 17.5 Å². The van der Waals surface area contributed by atoms with Crippen molar-refractivity contribution in [3.8, 4) is 0 Å². The number of aliphatic carboxylic acids is 1. The van der Waals surface area contributed by atoms with Gasteiger partial charge in [0, 0.05) is 30.6 Å². The highest BCUT2D eigenvalue weighted by atomic mass is 32.1. The van der Waals surface area contributed by atoms with Crippen LogP contribution in [0.1, 0.15) is 11.3 Å². The van der Waals surface area contributed by atoms with Crippen molar-refractivity contribution in [2.75, 3.05) is 13.1 Å². The number of hydrogen-bond donors (Lipinski definition) is 1. The molecule has 2 rings (SSSR count). The summed E-state index contributed by atoms with van der Waals surface area (Å²) < 4.78 is 30.6. The third-order valence-electron chi connectivity index (χ3n) is 2.70. The number of carboxylic acid groups (broad SMARTS) is 1. The average Bonchev–Trinajstić information content (AvgIpc) is 2.67. The molecule has 0 saturated carbocycles. The number of halogens is 2. The maximum atomic E-state index is 13.4. The van der Waals surface area contributed by atoms with E-state index in [1.54, 1.807) is 12.3 Å². The molecule has 1 atom stereocenters. The number of carbonyl (C=O) groups is 1. The van der Waals surface area contributed by atoms with Crippen molar-refractivity contribution in [3.05, 3.63) is 17.1 Å². The molecule has 17 heavy (non-hydrogen) atoms. The van der Waals surface area contributed by atoms with Gasteiger partial charge in [0.25, 0.3) is 5.92 Å². The number of carboxylic acids is 1. The summed E-state index contributed by atoms with van der Waals surface area (Å²) in [7, 11) is 0. The lowest BCUT2D eigenvalue weighted by Crippen LogP contribution is -2.48. The van der Waals surface area contributed by atoms with Crippen molar-refractivity contribution in [1.82, 2.24) is 9.27 Å². The summed E-state index contributed by atoms with van der Waals surface area (Å²) in [5.74, 6) is -5.07. The Labute approximate surface area is 101 Å². The maximum Gasteiger partial charge on any atom is 0.308 e. The lowest BCUT2D eigenvalue weighted by molar-refractivity contribution is -0.153. The Morgan fingerprint density at radius 1 is 1.71 bits per heavy atom. The number of nitrogens with zero attached hydrogens (tertiary/aromatic N) is 2. The zero-order valence-electron chi connectivity index (χ0n) is 8.97. The van der Waals surface area contributed by atoms with Crippen molar-refractivity contribution in [2.24, 2.45) is 5.92 Å². The highest BCUT2D eigenvalue weighted by Crippen LogP contribution is 2.31. The smallest absolute Gasteiger partial charge is 0.308 e. The summed E-state index contributed by atoms with van der Waals surface area (Å²) in [5.41, 5.74) is 0. The normalized spacial score (nSPS) is 24.7. The van der Waals surface area contributed by atoms with Crippen LogP contribution in [0.15, 0.2) is 12.3 Å². The zero-order valence-corrected chi connectivity index (χ0v) is 9.79. The van der Waals surface area contributed by atoms with Crippen molar-refractivity contribution < 1.29 is 18.7 Å². The van der Waals surface area contributed by atoms with E-state index in [-0.39, 0.29) is 13.1 Å². The van der Waals surface area contributed by atoms with Gasteiger partial charge in [0.15, 0.2) is 0 Å². The van der Waals surface area contributed by atoms with Gasteiger partial charge in [-0.2, -0.15) is 0 Å². The van der Waals surface area contributed by atoms with Crippen LogP contribution in [0.4, 0.5) is 8.78 Å². The monoisotopic (exact) mass is 262 g/mol. The molecule has 0 radical (unpaired) electrons. The molecule has 0 bridgehead atoms. The van der Waals surface area contributed by atoms with Crippen LogP contribution in [0.25, 0.3) is 0 Å². The fourth-order valence-corrected chi connectivity index (χ4v) is 2.64. The fourth-order valence-electron chi connectivity index (χ4n) is 2.02. The van der Waals surface area contributed by atoms with Crippen LogP contribution in [0, 0.1) is 5.92 Å². The molecular formula is C10H12F2N2O2S. The van der Waals surface area contributed by atoms with Crippen LogP contribution in [-0.4, -0.2) is 39.4 Å². The summed E-state index contributed by atoms with van der Waals surface area (Å²) in [4.78, 5) is 13.2. The number of alkyl halides is 2. The Bertz CT molecular complexity index is 397. The van der Waals surface area contributed by atoms with Gasteiger partial charge in [0.05, 0.1) is 12.5 Å². The van der Waals surface area contributed by atoms with Gasteiger partial charge < -0.3 is 5.11 Å². The predicted octanol–water partition coefficient (Wildman–Crippen LogP) is 1.68. The number of aromatic nitrogens is 1. The van der Waals surface area contributed by atoms with Crippen LogP contribution in [0.2, 0.25) is 0 Å². The van der Waals surface area contributed by atoms with E-state index in [4.69, 9.17) is 5.11 Å². The van der Waals surface area contributed by atoms with E-state index in [0.29, 0.717) is 6.54 Å². The molecule has 1 unspecified atom stereocenters. The van der Waals surface area contributed by atoms with Gasteiger partial charge in [-0.15, -0.1) is 0 Å². The first-order valence-corrected chi connectivity index (χ1v) is 5.96. The quantitative estimate of drug-likeness (QED) is 0.900. The Morgan fingerprint density at radius 3 is 3.06 bits per heavy atom. The molecule has 94 valence electrons. The minimum atomic E-state index is -2.92. The molecule has 0 aromatic carbocycles. The standard InChI is InChI=1S/C10H12F2N2O2S/c11-10(12)3-7(9(15)16)4-14(6-10)5-8-1-2-13-17-8/h1-2,7H,3-6H2,(H,15,16). The number of likely N-dealkylation sites (tertiary alicyclic amines) is 1.